The molecule has 2 rings (SSSR count). The predicted octanol–water partition coefficient (Wildman–Crippen LogP) is 4.98. The fourth-order valence-corrected chi connectivity index (χ4v) is 2.27. The summed E-state index contributed by atoms with van der Waals surface area (Å²) in [6.07, 6.45) is 0. The Balaban J connectivity index is 1.98. The lowest BCUT2D eigenvalue weighted by molar-refractivity contribution is 0.251. The lowest BCUT2D eigenvalue weighted by Gasteiger charge is -2.11. The highest BCUT2D eigenvalue weighted by molar-refractivity contribution is 6.42. The van der Waals surface area contributed by atoms with Crippen LogP contribution >= 0.6 is 34.8 Å². The van der Waals surface area contributed by atoms with Gasteiger partial charge in [0.1, 0.15) is 5.75 Å². The van der Waals surface area contributed by atoms with Crippen molar-refractivity contribution in [3.05, 3.63) is 57.0 Å². The summed E-state index contributed by atoms with van der Waals surface area (Å²) < 4.78 is 5.16. The van der Waals surface area contributed by atoms with E-state index < -0.39 is 0 Å². The number of carbonyl (C=O) groups is 1. The molecule has 0 saturated carbocycles. The first kappa shape index (κ1) is 16.7. The monoisotopic (exact) mass is 358 g/mol. The topological polar surface area (TPSA) is 50.4 Å². The minimum absolute atomic E-state index is 0.311. The molecule has 0 aliphatic heterocycles. The summed E-state index contributed by atoms with van der Waals surface area (Å²) in [6.45, 7) is 0.311. The van der Waals surface area contributed by atoms with Crippen LogP contribution in [0.1, 0.15) is 5.56 Å². The summed E-state index contributed by atoms with van der Waals surface area (Å²) in [4.78, 5) is 11.9. The van der Waals surface area contributed by atoms with Gasteiger partial charge in [0.25, 0.3) is 0 Å². The molecule has 0 aromatic heterocycles. The van der Waals surface area contributed by atoms with Crippen LogP contribution in [-0.2, 0) is 6.54 Å². The van der Waals surface area contributed by atoms with Crippen molar-refractivity contribution in [1.29, 1.82) is 0 Å². The number of ether oxygens (including phenoxy) is 1. The number of hydrogen-bond donors (Lipinski definition) is 2. The Morgan fingerprint density at radius 2 is 1.86 bits per heavy atom. The lowest BCUT2D eigenvalue weighted by Crippen LogP contribution is -2.28. The summed E-state index contributed by atoms with van der Waals surface area (Å²) in [6, 6.07) is 9.75. The molecule has 0 aliphatic carbocycles. The van der Waals surface area contributed by atoms with Crippen molar-refractivity contribution in [3.63, 3.8) is 0 Å². The second-order valence-electron chi connectivity index (χ2n) is 4.40. The van der Waals surface area contributed by atoms with Crippen LogP contribution < -0.4 is 15.4 Å². The summed E-state index contributed by atoms with van der Waals surface area (Å²) >= 11 is 17.7. The molecule has 0 atom stereocenters. The van der Waals surface area contributed by atoms with Gasteiger partial charge in [0.2, 0.25) is 0 Å². The lowest BCUT2D eigenvalue weighted by atomic mass is 10.2. The molecular formula is C15H13Cl3N2O2. The average Bonchev–Trinajstić information content (AvgIpc) is 2.49. The molecule has 0 fully saturated rings. The minimum atomic E-state index is -0.383. The Morgan fingerprint density at radius 1 is 1.09 bits per heavy atom. The Bertz CT molecular complexity index is 692. The van der Waals surface area contributed by atoms with Gasteiger partial charge in [-0.3, -0.25) is 0 Å². The van der Waals surface area contributed by atoms with Crippen molar-refractivity contribution < 1.29 is 9.53 Å². The van der Waals surface area contributed by atoms with E-state index in [2.05, 4.69) is 10.6 Å². The summed E-state index contributed by atoms with van der Waals surface area (Å²) in [7, 11) is 1.52. The van der Waals surface area contributed by atoms with Crippen molar-refractivity contribution >= 4 is 46.5 Å². The molecular weight excluding hydrogens is 347 g/mol. The summed E-state index contributed by atoms with van der Waals surface area (Å²) in [5, 5.41) is 6.81. The average molecular weight is 360 g/mol. The number of rotatable bonds is 4. The molecule has 0 radical (unpaired) electrons. The highest BCUT2D eigenvalue weighted by atomic mass is 35.5. The first-order valence-electron chi connectivity index (χ1n) is 6.32. The van der Waals surface area contributed by atoms with Crippen molar-refractivity contribution in [2.24, 2.45) is 0 Å². The molecule has 0 bridgehead atoms. The van der Waals surface area contributed by atoms with Crippen LogP contribution in [0.5, 0.6) is 5.75 Å². The second-order valence-corrected chi connectivity index (χ2v) is 5.65. The molecule has 7 heteroatoms. The SMILES string of the molecule is COc1ccc(Cl)cc1NC(=O)NCc1ccc(Cl)c(Cl)c1. The van der Waals surface area contributed by atoms with E-state index >= 15 is 0 Å². The van der Waals surface area contributed by atoms with E-state index in [4.69, 9.17) is 39.5 Å². The molecule has 22 heavy (non-hydrogen) atoms. The highest BCUT2D eigenvalue weighted by Gasteiger charge is 2.08. The Morgan fingerprint density at radius 3 is 2.55 bits per heavy atom. The van der Waals surface area contributed by atoms with E-state index in [9.17, 15) is 4.79 Å². The highest BCUT2D eigenvalue weighted by Crippen LogP contribution is 2.27. The largest absolute Gasteiger partial charge is 0.495 e. The molecule has 2 aromatic carbocycles. The van der Waals surface area contributed by atoms with Crippen LogP contribution in [0.15, 0.2) is 36.4 Å². The number of methoxy groups -OCH3 is 1. The van der Waals surface area contributed by atoms with E-state index in [-0.39, 0.29) is 6.03 Å². The van der Waals surface area contributed by atoms with Gasteiger partial charge in [-0.1, -0.05) is 40.9 Å². The molecule has 4 nitrogen and oxygen atoms in total. The zero-order valence-electron chi connectivity index (χ0n) is 11.6. The molecule has 0 unspecified atom stereocenters. The standard InChI is InChI=1S/C15H13Cl3N2O2/c1-22-14-5-3-10(16)7-13(14)20-15(21)19-8-9-2-4-11(17)12(18)6-9/h2-7H,8H2,1H3,(H2,19,20,21). The number of halogens is 3. The van der Waals surface area contributed by atoms with Crippen molar-refractivity contribution in [2.75, 3.05) is 12.4 Å². The fraction of sp³-hybridized carbons (Fsp3) is 0.133. The van der Waals surface area contributed by atoms with Gasteiger partial charge >= 0.3 is 6.03 Å². The maximum absolute atomic E-state index is 11.9. The van der Waals surface area contributed by atoms with Gasteiger partial charge in [-0.05, 0) is 35.9 Å². The maximum atomic E-state index is 11.9. The molecule has 0 spiro atoms. The molecule has 0 heterocycles. The number of carbonyl (C=O) groups excluding carboxylic acids is 1. The molecule has 116 valence electrons. The Labute approximate surface area is 143 Å². The first-order valence-corrected chi connectivity index (χ1v) is 7.45. The molecule has 2 aromatic rings. The molecule has 2 amide bonds. The maximum Gasteiger partial charge on any atom is 0.319 e. The van der Waals surface area contributed by atoms with E-state index in [1.807, 2.05) is 0 Å². The fourth-order valence-electron chi connectivity index (χ4n) is 1.78. The molecule has 0 saturated heterocycles. The van der Waals surface area contributed by atoms with Crippen molar-refractivity contribution in [3.8, 4) is 5.75 Å². The van der Waals surface area contributed by atoms with Crippen LogP contribution in [0, 0.1) is 0 Å². The smallest absolute Gasteiger partial charge is 0.319 e. The number of nitrogens with one attached hydrogen (secondary N) is 2. The van der Waals surface area contributed by atoms with Gasteiger partial charge in [0.15, 0.2) is 0 Å². The van der Waals surface area contributed by atoms with Crippen LogP contribution in [0.3, 0.4) is 0 Å². The third-order valence-electron chi connectivity index (χ3n) is 2.85. The number of urea groups is 1. The number of hydrogen-bond acceptors (Lipinski definition) is 2. The van der Waals surface area contributed by atoms with E-state index in [1.165, 1.54) is 7.11 Å². The number of anilines is 1. The van der Waals surface area contributed by atoms with Gasteiger partial charge in [-0.25, -0.2) is 4.79 Å². The second kappa shape index (κ2) is 7.58. The van der Waals surface area contributed by atoms with Crippen LogP contribution in [0.2, 0.25) is 15.1 Å². The zero-order chi connectivity index (χ0) is 16.1. The summed E-state index contributed by atoms with van der Waals surface area (Å²) in [5.41, 5.74) is 1.32. The summed E-state index contributed by atoms with van der Waals surface area (Å²) in [5.74, 6) is 0.522. The van der Waals surface area contributed by atoms with Gasteiger partial charge in [-0.2, -0.15) is 0 Å². The van der Waals surface area contributed by atoms with E-state index in [0.717, 1.165) is 5.56 Å². The number of benzene rings is 2. The van der Waals surface area contributed by atoms with Crippen LogP contribution in [0.25, 0.3) is 0 Å². The minimum Gasteiger partial charge on any atom is -0.495 e. The van der Waals surface area contributed by atoms with E-state index in [1.54, 1.807) is 36.4 Å². The Kier molecular flexibility index (Phi) is 5.77. The Hall–Kier alpha value is -1.62. The van der Waals surface area contributed by atoms with Crippen molar-refractivity contribution in [2.45, 2.75) is 6.54 Å². The normalized spacial score (nSPS) is 10.2. The molecule has 2 N–H and O–H groups in total. The van der Waals surface area contributed by atoms with Gasteiger partial charge in [0, 0.05) is 11.6 Å². The van der Waals surface area contributed by atoms with E-state index in [0.29, 0.717) is 33.0 Å². The van der Waals surface area contributed by atoms with Gasteiger partial charge < -0.3 is 15.4 Å². The third kappa shape index (κ3) is 4.44. The number of amides is 2. The van der Waals surface area contributed by atoms with Crippen LogP contribution in [0.4, 0.5) is 10.5 Å². The zero-order valence-corrected chi connectivity index (χ0v) is 13.9. The van der Waals surface area contributed by atoms with Crippen LogP contribution in [-0.4, -0.2) is 13.1 Å². The quantitative estimate of drug-likeness (QED) is 0.809. The molecule has 0 aliphatic rings. The van der Waals surface area contributed by atoms with Gasteiger partial charge in [0.05, 0.1) is 22.8 Å². The van der Waals surface area contributed by atoms with Crippen molar-refractivity contribution in [1.82, 2.24) is 5.32 Å². The van der Waals surface area contributed by atoms with Gasteiger partial charge in [-0.15, -0.1) is 0 Å². The third-order valence-corrected chi connectivity index (χ3v) is 3.82. The predicted molar refractivity (Wildman–Crippen MR) is 90.3 cm³/mol. The first-order chi connectivity index (χ1) is 10.5.